The molecular weight excluding hydrogens is 116 g/mol. The van der Waals surface area contributed by atoms with Crippen LogP contribution in [0.2, 0.25) is 0 Å². The Kier molecular flexibility index (Phi) is 5.46. The molecule has 3 heteroatoms. The minimum atomic E-state index is 0.299. The van der Waals surface area contributed by atoms with E-state index in [4.69, 9.17) is 10.1 Å². The molecule has 0 aromatic heterocycles. The van der Waals surface area contributed by atoms with Gasteiger partial charge in [0.25, 0.3) is 0 Å². The van der Waals surface area contributed by atoms with Gasteiger partial charge in [-0.25, -0.2) is 0 Å². The summed E-state index contributed by atoms with van der Waals surface area (Å²) >= 11 is 0. The summed E-state index contributed by atoms with van der Waals surface area (Å²) in [6, 6.07) is 0.299. The third kappa shape index (κ3) is 4.12. The maximum Gasteiger partial charge on any atom is 0.0619 e. The second-order valence-corrected chi connectivity index (χ2v) is 1.88. The zero-order valence-corrected chi connectivity index (χ0v) is 5.98. The number of hydrogen-bond donors (Lipinski definition) is 2. The van der Waals surface area contributed by atoms with Crippen molar-refractivity contribution in [2.75, 3.05) is 20.8 Å². The summed E-state index contributed by atoms with van der Waals surface area (Å²) in [6.07, 6.45) is 2.13. The molecule has 0 aromatic carbocycles. The van der Waals surface area contributed by atoms with Crippen LogP contribution in [0.15, 0.2) is 0 Å². The topological polar surface area (TPSA) is 45.1 Å². The molecule has 0 amide bonds. The summed E-state index contributed by atoms with van der Waals surface area (Å²) in [5.41, 5.74) is 0. The molecule has 3 nitrogen and oxygen atoms in total. The molecule has 0 spiro atoms. The molecule has 0 fully saturated rings. The molecular formula is C6H14N2O. The van der Waals surface area contributed by atoms with Crippen molar-refractivity contribution >= 4 is 6.21 Å². The van der Waals surface area contributed by atoms with Crippen LogP contribution in [0.25, 0.3) is 0 Å². The van der Waals surface area contributed by atoms with Gasteiger partial charge in [-0.3, -0.25) is 0 Å². The summed E-state index contributed by atoms with van der Waals surface area (Å²) in [5.74, 6) is 0. The maximum atomic E-state index is 6.79. The Morgan fingerprint density at radius 1 is 1.78 bits per heavy atom. The normalized spacial score (nSPS) is 13.1. The number of rotatable bonds is 5. The summed E-state index contributed by atoms with van der Waals surface area (Å²) in [7, 11) is 3.53. The van der Waals surface area contributed by atoms with Gasteiger partial charge in [-0.05, 0) is 19.7 Å². The van der Waals surface area contributed by atoms with Gasteiger partial charge >= 0.3 is 0 Å². The monoisotopic (exact) mass is 130 g/mol. The average Bonchev–Trinajstić information content (AvgIpc) is 1.88. The fraction of sp³-hybridized carbons (Fsp3) is 0.833. The summed E-state index contributed by atoms with van der Waals surface area (Å²) in [6.45, 7) is 0.672. The molecule has 0 saturated heterocycles. The van der Waals surface area contributed by atoms with Crippen LogP contribution in [-0.2, 0) is 4.74 Å². The van der Waals surface area contributed by atoms with Crippen molar-refractivity contribution in [1.82, 2.24) is 5.32 Å². The number of methoxy groups -OCH3 is 1. The fourth-order valence-electron chi connectivity index (χ4n) is 0.613. The van der Waals surface area contributed by atoms with Gasteiger partial charge in [-0.2, -0.15) is 0 Å². The van der Waals surface area contributed by atoms with Gasteiger partial charge in [0.05, 0.1) is 6.61 Å². The molecule has 0 rings (SSSR count). The van der Waals surface area contributed by atoms with E-state index in [1.54, 1.807) is 7.11 Å². The fourth-order valence-corrected chi connectivity index (χ4v) is 0.613. The van der Waals surface area contributed by atoms with Crippen molar-refractivity contribution < 1.29 is 4.74 Å². The van der Waals surface area contributed by atoms with Crippen molar-refractivity contribution in [2.45, 2.75) is 12.5 Å². The van der Waals surface area contributed by atoms with E-state index in [0.717, 1.165) is 6.42 Å². The number of likely N-dealkylation sites (N-methyl/N-ethyl adjacent to an activating group) is 1. The minimum absolute atomic E-state index is 0.299. The molecule has 0 bridgehead atoms. The van der Waals surface area contributed by atoms with Crippen molar-refractivity contribution in [3.63, 3.8) is 0 Å². The molecule has 0 radical (unpaired) electrons. The highest BCUT2D eigenvalue weighted by Crippen LogP contribution is 1.86. The average molecular weight is 130 g/mol. The number of nitrogens with one attached hydrogen (secondary N) is 2. The zero-order chi connectivity index (χ0) is 7.11. The zero-order valence-electron chi connectivity index (χ0n) is 5.98. The second kappa shape index (κ2) is 5.72. The maximum absolute atomic E-state index is 6.79. The Bertz CT molecular complexity index is 75.5. The lowest BCUT2D eigenvalue weighted by molar-refractivity contribution is 0.172. The SMILES string of the molecule is CNC(CC=N)COC. The lowest BCUT2D eigenvalue weighted by atomic mass is 10.2. The van der Waals surface area contributed by atoms with E-state index < -0.39 is 0 Å². The Labute approximate surface area is 55.9 Å². The van der Waals surface area contributed by atoms with E-state index >= 15 is 0 Å². The Hall–Kier alpha value is -0.410. The standard InChI is InChI=1S/C6H14N2O/c1-8-6(3-4-7)5-9-2/h4,6-8H,3,5H2,1-2H3. The van der Waals surface area contributed by atoms with Crippen LogP contribution in [0.3, 0.4) is 0 Å². The van der Waals surface area contributed by atoms with Crippen LogP contribution >= 0.6 is 0 Å². The Morgan fingerprint density at radius 3 is 2.78 bits per heavy atom. The van der Waals surface area contributed by atoms with Gasteiger partial charge in [-0.15, -0.1) is 0 Å². The predicted octanol–water partition coefficient (Wildman–Crippen LogP) is 0.260. The molecule has 0 aliphatic carbocycles. The smallest absolute Gasteiger partial charge is 0.0619 e. The predicted molar refractivity (Wildman–Crippen MR) is 38.1 cm³/mol. The first-order chi connectivity index (χ1) is 4.35. The van der Waals surface area contributed by atoms with Gasteiger partial charge in [0, 0.05) is 13.2 Å². The molecule has 1 unspecified atom stereocenters. The van der Waals surface area contributed by atoms with E-state index in [2.05, 4.69) is 5.32 Å². The summed E-state index contributed by atoms with van der Waals surface area (Å²) < 4.78 is 4.88. The molecule has 54 valence electrons. The van der Waals surface area contributed by atoms with Crippen molar-refractivity contribution in [3.05, 3.63) is 0 Å². The van der Waals surface area contributed by atoms with Crippen molar-refractivity contribution in [1.29, 1.82) is 5.41 Å². The van der Waals surface area contributed by atoms with Crippen LogP contribution in [0, 0.1) is 5.41 Å². The summed E-state index contributed by atoms with van der Waals surface area (Å²) in [4.78, 5) is 0. The van der Waals surface area contributed by atoms with Crippen LogP contribution < -0.4 is 5.32 Å². The molecule has 0 aromatic rings. The van der Waals surface area contributed by atoms with E-state index in [-0.39, 0.29) is 0 Å². The Morgan fingerprint density at radius 2 is 2.44 bits per heavy atom. The molecule has 2 N–H and O–H groups in total. The van der Waals surface area contributed by atoms with Crippen LogP contribution in [0.4, 0.5) is 0 Å². The highest BCUT2D eigenvalue weighted by Gasteiger charge is 2.00. The molecule has 0 aliphatic heterocycles. The van der Waals surface area contributed by atoms with Crippen LogP contribution in [0.1, 0.15) is 6.42 Å². The third-order valence-electron chi connectivity index (χ3n) is 1.18. The lowest BCUT2D eigenvalue weighted by Gasteiger charge is -2.10. The number of hydrogen-bond acceptors (Lipinski definition) is 3. The molecule has 0 heterocycles. The van der Waals surface area contributed by atoms with Gasteiger partial charge in [0.2, 0.25) is 0 Å². The molecule has 9 heavy (non-hydrogen) atoms. The van der Waals surface area contributed by atoms with Gasteiger partial charge in [-0.1, -0.05) is 0 Å². The second-order valence-electron chi connectivity index (χ2n) is 1.88. The van der Waals surface area contributed by atoms with E-state index in [0.29, 0.717) is 12.6 Å². The Balaban J connectivity index is 3.28. The first-order valence-electron chi connectivity index (χ1n) is 3.00. The highest BCUT2D eigenvalue weighted by atomic mass is 16.5. The van der Waals surface area contributed by atoms with Gasteiger partial charge in [0.1, 0.15) is 0 Å². The van der Waals surface area contributed by atoms with Crippen molar-refractivity contribution in [2.24, 2.45) is 0 Å². The van der Waals surface area contributed by atoms with E-state index in [9.17, 15) is 0 Å². The highest BCUT2D eigenvalue weighted by molar-refractivity contribution is 5.53. The van der Waals surface area contributed by atoms with Crippen molar-refractivity contribution in [3.8, 4) is 0 Å². The molecule has 0 aliphatic rings. The molecule has 1 atom stereocenters. The van der Waals surface area contributed by atoms with Gasteiger partial charge in [0.15, 0.2) is 0 Å². The van der Waals surface area contributed by atoms with Crippen LogP contribution in [0.5, 0.6) is 0 Å². The largest absolute Gasteiger partial charge is 0.383 e. The van der Waals surface area contributed by atoms with E-state index in [1.807, 2.05) is 7.05 Å². The molecule has 0 saturated carbocycles. The third-order valence-corrected chi connectivity index (χ3v) is 1.18. The first kappa shape index (κ1) is 8.59. The number of ether oxygens (including phenoxy) is 1. The van der Waals surface area contributed by atoms with Gasteiger partial charge < -0.3 is 15.5 Å². The first-order valence-corrected chi connectivity index (χ1v) is 3.00. The quantitative estimate of drug-likeness (QED) is 0.524. The van der Waals surface area contributed by atoms with E-state index in [1.165, 1.54) is 6.21 Å². The minimum Gasteiger partial charge on any atom is -0.383 e. The summed E-state index contributed by atoms with van der Waals surface area (Å²) in [5, 5.41) is 9.82. The van der Waals surface area contributed by atoms with Crippen LogP contribution in [-0.4, -0.2) is 33.0 Å². The lowest BCUT2D eigenvalue weighted by Crippen LogP contribution is -2.29.